The molecule has 0 aromatic heterocycles. The first-order valence-corrected chi connectivity index (χ1v) is 8.62. The van der Waals surface area contributed by atoms with Crippen molar-refractivity contribution in [1.82, 2.24) is 0 Å². The molecule has 8 heteroatoms. The first-order valence-electron chi connectivity index (χ1n) is 8.62. The van der Waals surface area contributed by atoms with Gasteiger partial charge in [-0.1, -0.05) is 19.1 Å². The maximum Gasteiger partial charge on any atom is 0.335 e. The molecule has 0 radical (unpaired) electrons. The van der Waals surface area contributed by atoms with Gasteiger partial charge in [0.1, 0.15) is 12.2 Å². The predicted molar refractivity (Wildman–Crippen MR) is 89.9 cm³/mol. The van der Waals surface area contributed by atoms with Gasteiger partial charge in [-0.15, -0.1) is 0 Å². The number of allylic oxidation sites excluding steroid dienone is 2. The van der Waals surface area contributed by atoms with E-state index in [1.165, 1.54) is 28.1 Å². The monoisotopic (exact) mass is 378 g/mol. The summed E-state index contributed by atoms with van der Waals surface area (Å²) in [5, 5.41) is 0. The van der Waals surface area contributed by atoms with Crippen molar-refractivity contribution in [3.05, 3.63) is 23.3 Å². The number of esters is 4. The zero-order valence-electron chi connectivity index (χ0n) is 15.8. The highest BCUT2D eigenvalue weighted by Gasteiger charge is 2.70. The van der Waals surface area contributed by atoms with Crippen LogP contribution in [0.3, 0.4) is 0 Å². The number of rotatable bonds is 4. The number of carbonyl (C=O) groups is 4. The second-order valence-electron chi connectivity index (χ2n) is 7.19. The largest absolute Gasteiger partial charge is 0.466 e. The fourth-order valence-electron chi connectivity index (χ4n) is 4.86. The van der Waals surface area contributed by atoms with Crippen LogP contribution in [0.5, 0.6) is 0 Å². The minimum atomic E-state index is -0.924. The second-order valence-corrected chi connectivity index (χ2v) is 7.19. The van der Waals surface area contributed by atoms with Gasteiger partial charge in [-0.25, -0.2) is 9.59 Å². The highest BCUT2D eigenvalue weighted by atomic mass is 16.6. The molecule has 0 N–H and O–H groups in total. The maximum absolute atomic E-state index is 12.5. The zero-order chi connectivity index (χ0) is 20.1. The van der Waals surface area contributed by atoms with Crippen molar-refractivity contribution >= 4 is 23.9 Å². The summed E-state index contributed by atoms with van der Waals surface area (Å²) in [6.07, 6.45) is 2.23. The van der Waals surface area contributed by atoms with Crippen LogP contribution in [0.2, 0.25) is 0 Å². The van der Waals surface area contributed by atoms with Crippen LogP contribution in [0.25, 0.3) is 0 Å². The molecule has 4 aliphatic carbocycles. The molecular formula is C19H22O8. The van der Waals surface area contributed by atoms with E-state index in [-0.39, 0.29) is 23.0 Å². The SMILES string of the molecule is COC(=O)C1=C(C(=O)OC)[C@@]2(C)C=C[C@H]1[C@@H]1[C@@H](OC(C)=O)[C@@H](OC(C)=O)[C@H]12. The topological polar surface area (TPSA) is 105 Å². The molecule has 4 aliphatic rings. The van der Waals surface area contributed by atoms with E-state index >= 15 is 0 Å². The van der Waals surface area contributed by atoms with Gasteiger partial charge in [-0.2, -0.15) is 0 Å². The average molecular weight is 378 g/mol. The summed E-state index contributed by atoms with van der Waals surface area (Å²) >= 11 is 0. The van der Waals surface area contributed by atoms with Gasteiger partial charge in [-0.05, 0) is 0 Å². The van der Waals surface area contributed by atoms with Gasteiger partial charge in [0.05, 0.1) is 25.4 Å². The quantitative estimate of drug-likeness (QED) is 0.404. The van der Waals surface area contributed by atoms with Crippen LogP contribution in [0.1, 0.15) is 20.8 Å². The van der Waals surface area contributed by atoms with E-state index in [0.29, 0.717) is 0 Å². The van der Waals surface area contributed by atoms with E-state index < -0.39 is 47.4 Å². The number of hydrogen-bond donors (Lipinski definition) is 0. The van der Waals surface area contributed by atoms with E-state index in [1.807, 2.05) is 12.2 Å². The molecule has 8 nitrogen and oxygen atoms in total. The molecule has 0 amide bonds. The average Bonchev–Trinajstić information content (AvgIpc) is 2.61. The molecule has 2 bridgehead atoms. The van der Waals surface area contributed by atoms with Gasteiger partial charge in [-0.3, -0.25) is 9.59 Å². The Balaban J connectivity index is 2.14. The van der Waals surface area contributed by atoms with E-state index in [4.69, 9.17) is 18.9 Å². The Morgan fingerprint density at radius 1 is 0.926 bits per heavy atom. The lowest BCUT2D eigenvalue weighted by Gasteiger charge is -2.63. The third-order valence-electron chi connectivity index (χ3n) is 5.77. The summed E-state index contributed by atoms with van der Waals surface area (Å²) in [6.45, 7) is 4.33. The van der Waals surface area contributed by atoms with E-state index in [9.17, 15) is 19.2 Å². The van der Waals surface area contributed by atoms with Crippen LogP contribution in [0.4, 0.5) is 0 Å². The smallest absolute Gasteiger partial charge is 0.335 e. The third-order valence-corrected chi connectivity index (χ3v) is 5.77. The van der Waals surface area contributed by atoms with Gasteiger partial charge >= 0.3 is 23.9 Å². The first kappa shape index (κ1) is 19.1. The van der Waals surface area contributed by atoms with Gasteiger partial charge in [0.25, 0.3) is 0 Å². The summed E-state index contributed by atoms with van der Waals surface area (Å²) < 4.78 is 20.7. The minimum Gasteiger partial charge on any atom is -0.466 e. The summed E-state index contributed by atoms with van der Waals surface area (Å²) in [5.74, 6) is -3.44. The normalized spacial score (nSPS) is 35.7. The van der Waals surface area contributed by atoms with Crippen molar-refractivity contribution < 1.29 is 38.1 Å². The molecule has 27 heavy (non-hydrogen) atoms. The van der Waals surface area contributed by atoms with Crippen LogP contribution < -0.4 is 0 Å². The third kappa shape index (κ3) is 2.65. The lowest BCUT2D eigenvalue weighted by Crippen LogP contribution is -2.70. The molecule has 0 saturated heterocycles. The van der Waals surface area contributed by atoms with E-state index in [2.05, 4.69) is 0 Å². The van der Waals surface area contributed by atoms with Crippen molar-refractivity contribution in [3.63, 3.8) is 0 Å². The molecule has 4 rings (SSSR count). The fourth-order valence-corrected chi connectivity index (χ4v) is 4.86. The summed E-state index contributed by atoms with van der Waals surface area (Å²) in [4.78, 5) is 48.2. The fraction of sp³-hybridized carbons (Fsp3) is 0.579. The van der Waals surface area contributed by atoms with Crippen molar-refractivity contribution in [2.24, 2.45) is 23.2 Å². The number of carbonyl (C=O) groups excluding carboxylic acids is 4. The predicted octanol–water partition coefficient (Wildman–Crippen LogP) is 0.944. The molecular weight excluding hydrogens is 356 g/mol. The van der Waals surface area contributed by atoms with Crippen LogP contribution in [0.15, 0.2) is 23.3 Å². The molecule has 1 saturated carbocycles. The van der Waals surface area contributed by atoms with Gasteiger partial charge in [0, 0.05) is 37.0 Å². The Kier molecular flexibility index (Phi) is 4.61. The molecule has 0 spiro atoms. The minimum absolute atomic E-state index is 0.198. The summed E-state index contributed by atoms with van der Waals surface area (Å²) in [7, 11) is 2.48. The van der Waals surface area contributed by atoms with Gasteiger partial charge in [0.2, 0.25) is 0 Å². The number of hydrogen-bond acceptors (Lipinski definition) is 8. The van der Waals surface area contributed by atoms with Crippen LogP contribution in [-0.2, 0) is 38.1 Å². The Labute approximate surface area is 156 Å². The summed E-state index contributed by atoms with van der Waals surface area (Å²) in [5.41, 5.74) is -0.523. The van der Waals surface area contributed by atoms with Crippen molar-refractivity contribution in [3.8, 4) is 0 Å². The molecule has 1 fully saturated rings. The number of methoxy groups -OCH3 is 2. The highest BCUT2D eigenvalue weighted by molar-refractivity contribution is 6.03. The van der Waals surface area contributed by atoms with Crippen molar-refractivity contribution in [2.45, 2.75) is 33.0 Å². The lowest BCUT2D eigenvalue weighted by molar-refractivity contribution is -0.233. The summed E-state index contributed by atoms with van der Waals surface area (Å²) in [6, 6.07) is 0. The van der Waals surface area contributed by atoms with E-state index in [0.717, 1.165) is 0 Å². The molecule has 0 aromatic carbocycles. The van der Waals surface area contributed by atoms with Gasteiger partial charge in [0.15, 0.2) is 0 Å². The Hall–Kier alpha value is -2.64. The Morgan fingerprint density at radius 2 is 1.48 bits per heavy atom. The maximum atomic E-state index is 12.5. The van der Waals surface area contributed by atoms with Crippen LogP contribution in [-0.4, -0.2) is 50.3 Å². The van der Waals surface area contributed by atoms with Crippen LogP contribution >= 0.6 is 0 Å². The zero-order valence-corrected chi connectivity index (χ0v) is 15.8. The highest BCUT2D eigenvalue weighted by Crippen LogP contribution is 2.64. The first-order chi connectivity index (χ1) is 12.7. The van der Waals surface area contributed by atoms with Gasteiger partial charge < -0.3 is 18.9 Å². The van der Waals surface area contributed by atoms with E-state index in [1.54, 1.807) is 6.92 Å². The molecule has 0 unspecified atom stereocenters. The molecule has 0 aromatic rings. The molecule has 6 atom stereocenters. The second kappa shape index (κ2) is 6.51. The van der Waals surface area contributed by atoms with Crippen molar-refractivity contribution in [2.75, 3.05) is 14.2 Å². The standard InChI is InChI=1S/C19H22O8/c1-8(20)26-15-11-10-6-7-19(3,13(11)16(15)27-9(2)21)14(18(23)25-5)12(10)17(22)24-4/h6-7,10-11,13,15-16H,1-5H3/t10-,11-,13-,15+,16-,19-/m0/s1. The van der Waals surface area contributed by atoms with Crippen LogP contribution in [0, 0.1) is 23.2 Å². The molecule has 146 valence electrons. The molecule has 0 aliphatic heterocycles. The lowest BCUT2D eigenvalue weighted by atomic mass is 9.43. The Morgan fingerprint density at radius 3 is 2.00 bits per heavy atom. The molecule has 0 heterocycles. The number of ether oxygens (including phenoxy) is 4. The Bertz CT molecular complexity index is 779. The van der Waals surface area contributed by atoms with Crippen molar-refractivity contribution in [1.29, 1.82) is 0 Å².